The number of hydrogen-bond donors (Lipinski definition) is 1. The van der Waals surface area contributed by atoms with Gasteiger partial charge in [-0.15, -0.1) is 0 Å². The van der Waals surface area contributed by atoms with Gasteiger partial charge >= 0.3 is 0 Å². The van der Waals surface area contributed by atoms with Crippen molar-refractivity contribution in [3.63, 3.8) is 0 Å². The molecule has 0 radical (unpaired) electrons. The molecule has 114 valence electrons. The molecule has 0 saturated heterocycles. The third kappa shape index (κ3) is 5.64. The van der Waals surface area contributed by atoms with Crippen LogP contribution in [0, 0.1) is 6.92 Å². The van der Waals surface area contributed by atoms with Crippen molar-refractivity contribution in [1.29, 1.82) is 0 Å². The topological polar surface area (TPSA) is 35.2 Å². The van der Waals surface area contributed by atoms with Gasteiger partial charge in [-0.1, -0.05) is 63.8 Å². The van der Waals surface area contributed by atoms with E-state index in [1.54, 1.807) is 0 Å². The summed E-state index contributed by atoms with van der Waals surface area (Å²) in [4.78, 5) is 0. The molecule has 0 spiro atoms. The predicted molar refractivity (Wildman–Crippen MR) is 86.9 cm³/mol. The summed E-state index contributed by atoms with van der Waals surface area (Å²) in [7, 11) is 0. The molecule has 0 saturated carbocycles. The smallest absolute Gasteiger partial charge is 0.0978 e. The summed E-state index contributed by atoms with van der Waals surface area (Å²) in [5.41, 5.74) is 8.77. The minimum Gasteiger partial charge on any atom is -0.372 e. The lowest BCUT2D eigenvalue weighted by Crippen LogP contribution is -2.30. The second-order valence-electron chi connectivity index (χ2n) is 5.63. The summed E-state index contributed by atoms with van der Waals surface area (Å²) >= 11 is 0. The highest BCUT2D eigenvalue weighted by atomic mass is 16.5. The van der Waals surface area contributed by atoms with Gasteiger partial charge in [0, 0.05) is 12.6 Å². The second-order valence-corrected chi connectivity index (χ2v) is 5.63. The van der Waals surface area contributed by atoms with Crippen LogP contribution in [0.2, 0.25) is 0 Å². The highest BCUT2D eigenvalue weighted by Crippen LogP contribution is 2.25. The van der Waals surface area contributed by atoms with Crippen molar-refractivity contribution in [2.75, 3.05) is 6.61 Å². The van der Waals surface area contributed by atoms with Crippen molar-refractivity contribution in [2.45, 2.75) is 71.4 Å². The van der Waals surface area contributed by atoms with Crippen molar-refractivity contribution in [1.82, 2.24) is 0 Å². The molecule has 0 amide bonds. The Bertz CT molecular complexity index is 364. The van der Waals surface area contributed by atoms with E-state index in [0.717, 1.165) is 19.4 Å². The largest absolute Gasteiger partial charge is 0.372 e. The third-order valence-corrected chi connectivity index (χ3v) is 3.90. The summed E-state index contributed by atoms with van der Waals surface area (Å²) in [5, 5.41) is 0. The Morgan fingerprint density at radius 2 is 1.75 bits per heavy atom. The van der Waals surface area contributed by atoms with Crippen LogP contribution in [-0.2, 0) is 4.74 Å². The maximum absolute atomic E-state index is 6.26. The SMILES string of the molecule is CCCCCCCOC(c1ccccc1C)C(N)CC. The van der Waals surface area contributed by atoms with E-state index < -0.39 is 0 Å². The first-order valence-corrected chi connectivity index (χ1v) is 8.13. The van der Waals surface area contributed by atoms with Crippen LogP contribution in [0.25, 0.3) is 0 Å². The molecule has 1 rings (SSSR count). The first kappa shape index (κ1) is 17.2. The average molecular weight is 277 g/mol. The first-order chi connectivity index (χ1) is 9.70. The van der Waals surface area contributed by atoms with Crippen LogP contribution in [-0.4, -0.2) is 12.6 Å². The Labute approximate surface area is 124 Å². The van der Waals surface area contributed by atoms with E-state index in [0.29, 0.717) is 0 Å². The van der Waals surface area contributed by atoms with Crippen LogP contribution in [0.1, 0.15) is 69.6 Å². The number of aryl methyl sites for hydroxylation is 1. The fourth-order valence-corrected chi connectivity index (χ4v) is 2.48. The molecule has 20 heavy (non-hydrogen) atoms. The first-order valence-electron chi connectivity index (χ1n) is 8.13. The predicted octanol–water partition coefficient (Wildman–Crippen LogP) is 4.76. The Morgan fingerprint density at radius 3 is 2.40 bits per heavy atom. The molecule has 0 aliphatic rings. The molecule has 0 heterocycles. The van der Waals surface area contributed by atoms with Crippen molar-refractivity contribution < 1.29 is 4.74 Å². The molecular formula is C18H31NO. The fraction of sp³-hybridized carbons (Fsp3) is 0.667. The Kier molecular flexibility index (Phi) is 8.56. The monoisotopic (exact) mass is 277 g/mol. The zero-order valence-corrected chi connectivity index (χ0v) is 13.4. The lowest BCUT2D eigenvalue weighted by molar-refractivity contribution is 0.0307. The van der Waals surface area contributed by atoms with Crippen LogP contribution in [0.4, 0.5) is 0 Å². The van der Waals surface area contributed by atoms with Gasteiger partial charge in [-0.05, 0) is 30.9 Å². The molecule has 1 aromatic rings. The normalized spacial score (nSPS) is 14.2. The average Bonchev–Trinajstić information content (AvgIpc) is 2.47. The van der Waals surface area contributed by atoms with E-state index in [4.69, 9.17) is 10.5 Å². The number of rotatable bonds is 10. The van der Waals surface area contributed by atoms with Gasteiger partial charge in [0.05, 0.1) is 6.10 Å². The lowest BCUT2D eigenvalue weighted by atomic mass is 9.97. The van der Waals surface area contributed by atoms with Crippen LogP contribution < -0.4 is 5.73 Å². The Morgan fingerprint density at radius 1 is 1.05 bits per heavy atom. The molecule has 0 aromatic heterocycles. The van der Waals surface area contributed by atoms with Crippen LogP contribution in [0.5, 0.6) is 0 Å². The van der Waals surface area contributed by atoms with Crippen molar-refractivity contribution >= 4 is 0 Å². The van der Waals surface area contributed by atoms with Gasteiger partial charge in [0.1, 0.15) is 0 Å². The van der Waals surface area contributed by atoms with E-state index in [9.17, 15) is 0 Å². The Balaban J connectivity index is 2.51. The molecule has 2 atom stereocenters. The minimum absolute atomic E-state index is 0.0346. The van der Waals surface area contributed by atoms with E-state index in [1.807, 2.05) is 0 Å². The van der Waals surface area contributed by atoms with Gasteiger partial charge in [0.2, 0.25) is 0 Å². The number of ether oxygens (including phenoxy) is 1. The molecular weight excluding hydrogens is 246 g/mol. The Hall–Kier alpha value is -0.860. The summed E-state index contributed by atoms with van der Waals surface area (Å²) in [6.07, 6.45) is 7.30. The maximum Gasteiger partial charge on any atom is 0.0978 e. The maximum atomic E-state index is 6.26. The molecule has 2 nitrogen and oxygen atoms in total. The number of hydrogen-bond acceptors (Lipinski definition) is 2. The molecule has 0 fully saturated rings. The van der Waals surface area contributed by atoms with E-state index in [-0.39, 0.29) is 12.1 Å². The van der Waals surface area contributed by atoms with E-state index >= 15 is 0 Å². The second kappa shape index (κ2) is 9.95. The lowest BCUT2D eigenvalue weighted by Gasteiger charge is -2.25. The number of unbranched alkanes of at least 4 members (excludes halogenated alkanes) is 4. The van der Waals surface area contributed by atoms with Crippen LogP contribution >= 0.6 is 0 Å². The van der Waals surface area contributed by atoms with Gasteiger partial charge in [0.15, 0.2) is 0 Å². The zero-order valence-electron chi connectivity index (χ0n) is 13.4. The van der Waals surface area contributed by atoms with Crippen molar-refractivity contribution in [2.24, 2.45) is 5.73 Å². The third-order valence-electron chi connectivity index (χ3n) is 3.90. The van der Waals surface area contributed by atoms with Crippen LogP contribution in [0.3, 0.4) is 0 Å². The quantitative estimate of drug-likeness (QED) is 0.626. The summed E-state index contributed by atoms with van der Waals surface area (Å²) in [6.45, 7) is 7.32. The molecule has 2 heteroatoms. The summed E-state index contributed by atoms with van der Waals surface area (Å²) in [6, 6.07) is 8.49. The highest BCUT2D eigenvalue weighted by Gasteiger charge is 2.20. The number of nitrogens with two attached hydrogens (primary N) is 1. The molecule has 0 aliphatic carbocycles. The number of benzene rings is 1. The molecule has 1 aromatic carbocycles. The van der Waals surface area contributed by atoms with Gasteiger partial charge in [-0.25, -0.2) is 0 Å². The zero-order chi connectivity index (χ0) is 14.8. The summed E-state index contributed by atoms with van der Waals surface area (Å²) < 4.78 is 6.12. The molecule has 0 aliphatic heterocycles. The van der Waals surface area contributed by atoms with Gasteiger partial charge < -0.3 is 10.5 Å². The van der Waals surface area contributed by atoms with Crippen molar-refractivity contribution in [3.8, 4) is 0 Å². The van der Waals surface area contributed by atoms with Crippen LogP contribution in [0.15, 0.2) is 24.3 Å². The van der Waals surface area contributed by atoms with E-state index in [2.05, 4.69) is 45.0 Å². The van der Waals surface area contributed by atoms with E-state index in [1.165, 1.54) is 36.8 Å². The van der Waals surface area contributed by atoms with Gasteiger partial charge in [-0.2, -0.15) is 0 Å². The molecule has 0 bridgehead atoms. The molecule has 2 unspecified atom stereocenters. The fourth-order valence-electron chi connectivity index (χ4n) is 2.48. The van der Waals surface area contributed by atoms with Gasteiger partial charge in [0.25, 0.3) is 0 Å². The standard InChI is InChI=1S/C18H31NO/c1-4-6-7-8-11-14-20-18(17(19)5-2)16-13-10-9-12-15(16)3/h9-10,12-13,17-18H,4-8,11,14,19H2,1-3H3. The molecule has 2 N–H and O–H groups in total. The highest BCUT2D eigenvalue weighted by molar-refractivity contribution is 5.28. The van der Waals surface area contributed by atoms with Gasteiger partial charge in [-0.3, -0.25) is 0 Å². The van der Waals surface area contributed by atoms with Crippen molar-refractivity contribution in [3.05, 3.63) is 35.4 Å². The minimum atomic E-state index is 0.0346. The summed E-state index contributed by atoms with van der Waals surface area (Å²) in [5.74, 6) is 0.